The first-order chi connectivity index (χ1) is 16.7. The second kappa shape index (κ2) is 18.1. The van der Waals surface area contributed by atoms with Gasteiger partial charge in [-0.05, 0) is 23.3 Å². The number of pyridine rings is 2. The Hall–Kier alpha value is -1.24. The molecule has 0 aliphatic carbocycles. The van der Waals surface area contributed by atoms with Crippen molar-refractivity contribution < 1.29 is 20.4 Å². The van der Waals surface area contributed by atoms with Gasteiger partial charge in [-0.25, -0.2) is 0 Å². The van der Waals surface area contributed by atoms with Crippen molar-refractivity contribution in [2.45, 2.75) is 24.6 Å². The van der Waals surface area contributed by atoms with Gasteiger partial charge in [0.15, 0.2) is 0 Å². The molecule has 0 spiro atoms. The average Bonchev–Trinajstić information content (AvgIpc) is 2.84. The predicted molar refractivity (Wildman–Crippen MR) is 140 cm³/mol. The fourth-order valence-electron chi connectivity index (χ4n) is 3.36. The lowest BCUT2D eigenvalue weighted by Gasteiger charge is -2.20. The van der Waals surface area contributed by atoms with Crippen LogP contribution in [0.25, 0.3) is 0 Å². The number of nitrogens with zero attached hydrogens (tertiary/aromatic N) is 4. The van der Waals surface area contributed by atoms with Gasteiger partial charge in [0.05, 0.1) is 37.8 Å². The number of thioether (sulfide) groups is 2. The number of rotatable bonds is 19. The van der Waals surface area contributed by atoms with Crippen LogP contribution in [0.1, 0.15) is 22.5 Å². The molecule has 0 aliphatic rings. The van der Waals surface area contributed by atoms with Gasteiger partial charge in [0.25, 0.3) is 0 Å². The Morgan fingerprint density at radius 2 is 0.971 bits per heavy atom. The Bertz CT molecular complexity index is 691. The highest BCUT2D eigenvalue weighted by Gasteiger charge is 2.07. The van der Waals surface area contributed by atoms with Gasteiger partial charge in [-0.1, -0.05) is 12.1 Å². The molecular weight excluding hydrogens is 472 g/mol. The molecule has 0 atom stereocenters. The molecule has 0 saturated heterocycles. The normalized spacial score (nSPS) is 11.6. The summed E-state index contributed by atoms with van der Waals surface area (Å²) < 4.78 is 0. The van der Waals surface area contributed by atoms with E-state index in [1.54, 1.807) is 0 Å². The van der Waals surface area contributed by atoms with Crippen molar-refractivity contribution in [3.8, 4) is 0 Å². The van der Waals surface area contributed by atoms with E-state index in [4.69, 9.17) is 20.4 Å². The first-order valence-corrected chi connectivity index (χ1v) is 13.9. The highest BCUT2D eigenvalue weighted by atomic mass is 32.2. The molecule has 4 N–H and O–H groups in total. The van der Waals surface area contributed by atoms with Gasteiger partial charge < -0.3 is 20.4 Å². The molecule has 190 valence electrons. The minimum atomic E-state index is 0.0805. The molecule has 0 bridgehead atoms. The van der Waals surface area contributed by atoms with Crippen molar-refractivity contribution in [2.75, 3.05) is 64.1 Å². The zero-order valence-electron chi connectivity index (χ0n) is 19.8. The maximum absolute atomic E-state index is 9.12. The molecule has 34 heavy (non-hydrogen) atoms. The van der Waals surface area contributed by atoms with E-state index in [-0.39, 0.29) is 26.4 Å². The van der Waals surface area contributed by atoms with Crippen LogP contribution in [0.3, 0.4) is 0 Å². The van der Waals surface area contributed by atoms with Crippen LogP contribution in [0, 0.1) is 0 Å². The van der Waals surface area contributed by atoms with Gasteiger partial charge in [-0.2, -0.15) is 23.5 Å². The van der Waals surface area contributed by atoms with Gasteiger partial charge in [0.1, 0.15) is 0 Å². The van der Waals surface area contributed by atoms with E-state index >= 15 is 0 Å². The van der Waals surface area contributed by atoms with Gasteiger partial charge in [-0.15, -0.1) is 0 Å². The highest BCUT2D eigenvalue weighted by Crippen LogP contribution is 2.16. The quantitative estimate of drug-likeness (QED) is 0.206. The highest BCUT2D eigenvalue weighted by molar-refractivity contribution is 8.02. The first kappa shape index (κ1) is 29.0. The zero-order chi connectivity index (χ0) is 24.4. The zero-order valence-corrected chi connectivity index (χ0v) is 21.4. The molecule has 0 unspecified atom stereocenters. The molecule has 2 aromatic heterocycles. The van der Waals surface area contributed by atoms with E-state index < -0.39 is 0 Å². The van der Waals surface area contributed by atoms with E-state index in [9.17, 15) is 0 Å². The van der Waals surface area contributed by atoms with Crippen LogP contribution in [0.5, 0.6) is 0 Å². The molecule has 0 fully saturated rings. The summed E-state index contributed by atoms with van der Waals surface area (Å²) >= 11 is 3.74. The number of aliphatic hydroxyl groups excluding tert-OH is 4. The lowest BCUT2D eigenvalue weighted by Crippen LogP contribution is -2.29. The number of aromatic nitrogens is 2. The Morgan fingerprint density at radius 3 is 1.26 bits per heavy atom. The Balaban J connectivity index is 1.62. The monoisotopic (exact) mass is 510 g/mol. The minimum Gasteiger partial charge on any atom is -0.395 e. The van der Waals surface area contributed by atoms with Crippen LogP contribution >= 0.6 is 23.5 Å². The molecule has 8 nitrogen and oxygen atoms in total. The Morgan fingerprint density at radius 1 is 0.588 bits per heavy atom. The van der Waals surface area contributed by atoms with Gasteiger partial charge >= 0.3 is 0 Å². The summed E-state index contributed by atoms with van der Waals surface area (Å²) in [6.45, 7) is 3.86. The number of hydrogen-bond donors (Lipinski definition) is 4. The summed E-state index contributed by atoms with van der Waals surface area (Å²) in [6.07, 6.45) is 3.77. The minimum absolute atomic E-state index is 0.0805. The van der Waals surface area contributed by atoms with Crippen molar-refractivity contribution in [2.24, 2.45) is 0 Å². The molecule has 2 rings (SSSR count). The second-order valence-electron chi connectivity index (χ2n) is 7.87. The van der Waals surface area contributed by atoms with Crippen LogP contribution in [-0.4, -0.2) is 104 Å². The molecular formula is C24H38N4O4S2. The van der Waals surface area contributed by atoms with Crippen molar-refractivity contribution in [3.63, 3.8) is 0 Å². The summed E-state index contributed by atoms with van der Waals surface area (Å²) in [4.78, 5) is 13.1. The molecule has 0 amide bonds. The van der Waals surface area contributed by atoms with Gasteiger partial charge in [0, 0.05) is 74.7 Å². The van der Waals surface area contributed by atoms with Crippen LogP contribution in [0.15, 0.2) is 36.7 Å². The summed E-state index contributed by atoms with van der Waals surface area (Å²) in [7, 11) is 0. The lowest BCUT2D eigenvalue weighted by atomic mass is 10.2. The first-order valence-electron chi connectivity index (χ1n) is 11.6. The summed E-state index contributed by atoms with van der Waals surface area (Å²) in [5, 5.41) is 36.5. The van der Waals surface area contributed by atoms with E-state index in [1.807, 2.05) is 45.7 Å². The SMILES string of the molecule is OCCN(CCO)Cc1ccc(CSCCSCc2ccc(CN(CCO)CCO)cn2)nc1. The Kier molecular flexibility index (Phi) is 15.4. The fourth-order valence-corrected chi connectivity index (χ4v) is 5.35. The van der Waals surface area contributed by atoms with E-state index in [0.29, 0.717) is 39.3 Å². The molecule has 0 aliphatic heterocycles. The van der Waals surface area contributed by atoms with Gasteiger partial charge in [-0.3, -0.25) is 19.8 Å². The predicted octanol–water partition coefficient (Wildman–Crippen LogP) is 1.22. The summed E-state index contributed by atoms with van der Waals surface area (Å²) in [6, 6.07) is 8.25. The second-order valence-corrected chi connectivity index (χ2v) is 10.1. The van der Waals surface area contributed by atoms with Crippen LogP contribution in [0.4, 0.5) is 0 Å². The molecule has 0 radical (unpaired) electrons. The maximum Gasteiger partial charge on any atom is 0.0558 e. The number of hydrogen-bond acceptors (Lipinski definition) is 10. The number of aliphatic hydroxyl groups is 4. The van der Waals surface area contributed by atoms with Crippen LogP contribution in [-0.2, 0) is 24.6 Å². The third kappa shape index (κ3) is 11.9. The molecule has 2 heterocycles. The summed E-state index contributed by atoms with van der Waals surface area (Å²) in [5.74, 6) is 3.85. The maximum atomic E-state index is 9.12. The lowest BCUT2D eigenvalue weighted by molar-refractivity contribution is 0.155. The van der Waals surface area contributed by atoms with E-state index in [1.165, 1.54) is 0 Å². The molecule has 0 aromatic carbocycles. The van der Waals surface area contributed by atoms with Crippen molar-refractivity contribution in [1.29, 1.82) is 0 Å². The average molecular weight is 511 g/mol. The largest absolute Gasteiger partial charge is 0.395 e. The third-order valence-corrected chi connectivity index (χ3v) is 7.36. The van der Waals surface area contributed by atoms with E-state index in [0.717, 1.165) is 45.5 Å². The summed E-state index contributed by atoms with van der Waals surface area (Å²) in [5.41, 5.74) is 4.28. The molecule has 10 heteroatoms. The van der Waals surface area contributed by atoms with Crippen molar-refractivity contribution in [3.05, 3.63) is 59.2 Å². The molecule has 0 saturated carbocycles. The van der Waals surface area contributed by atoms with Crippen molar-refractivity contribution >= 4 is 23.5 Å². The van der Waals surface area contributed by atoms with Crippen LogP contribution < -0.4 is 0 Å². The van der Waals surface area contributed by atoms with E-state index in [2.05, 4.69) is 34.2 Å². The van der Waals surface area contributed by atoms with Crippen LogP contribution in [0.2, 0.25) is 0 Å². The van der Waals surface area contributed by atoms with Gasteiger partial charge in [0.2, 0.25) is 0 Å². The van der Waals surface area contributed by atoms with Crippen molar-refractivity contribution in [1.82, 2.24) is 19.8 Å². The molecule has 2 aromatic rings. The third-order valence-electron chi connectivity index (χ3n) is 5.12. The standard InChI is InChI=1S/C24H38N4O4S2/c29-9-5-27(6-10-30)17-21-1-3-23(25-15-21)19-33-13-14-34-20-24-4-2-22(16-26-24)18-28(7-11-31)8-12-32/h1-4,15-16,29-32H,5-14,17-20H2. The topological polar surface area (TPSA) is 113 Å². The Labute approximate surface area is 211 Å². The fraction of sp³-hybridized carbons (Fsp3) is 0.583. The smallest absolute Gasteiger partial charge is 0.0558 e.